The molecule has 0 unspecified atom stereocenters. The average Bonchev–Trinajstić information content (AvgIpc) is 2.56. The van der Waals surface area contributed by atoms with Crippen molar-refractivity contribution in [2.24, 2.45) is 21.5 Å². The van der Waals surface area contributed by atoms with Gasteiger partial charge in [0.25, 0.3) is 0 Å². The quantitative estimate of drug-likeness (QED) is 0.768. The second-order valence-corrected chi connectivity index (χ2v) is 6.86. The molecule has 25 heavy (non-hydrogen) atoms. The molecule has 3 rings (SSSR count). The van der Waals surface area contributed by atoms with Crippen molar-refractivity contribution < 1.29 is 9.57 Å². The molecule has 1 aromatic carbocycles. The monoisotopic (exact) mass is 345 g/mol. The summed E-state index contributed by atoms with van der Waals surface area (Å²) in [5.41, 5.74) is 13.6. The lowest BCUT2D eigenvalue weighted by atomic mass is 9.91. The van der Waals surface area contributed by atoms with Crippen molar-refractivity contribution in [1.82, 2.24) is 5.06 Å². The molecule has 0 fully saturated rings. The van der Waals surface area contributed by atoms with E-state index in [1.54, 1.807) is 0 Å². The fourth-order valence-electron chi connectivity index (χ4n) is 3.30. The van der Waals surface area contributed by atoms with Crippen molar-refractivity contribution in [2.75, 3.05) is 13.2 Å². The number of nitrogens with two attached hydrogens (primary N) is 2. The van der Waals surface area contributed by atoms with Crippen molar-refractivity contribution >= 4 is 11.9 Å². The van der Waals surface area contributed by atoms with Gasteiger partial charge in [-0.25, -0.2) is 4.99 Å². The van der Waals surface area contributed by atoms with E-state index in [1.165, 1.54) is 29.0 Å². The Hall–Kier alpha value is -2.28. The SMILES string of the molecule is CC1(C)N=C(N)N=C(N)N1OCCCOc1cccc2c1CCCC2. The fourth-order valence-corrected chi connectivity index (χ4v) is 3.30. The number of hydrogen-bond donors (Lipinski definition) is 2. The molecule has 0 amide bonds. The zero-order valence-corrected chi connectivity index (χ0v) is 15.0. The van der Waals surface area contributed by atoms with Gasteiger partial charge in [0.1, 0.15) is 5.75 Å². The Balaban J connectivity index is 1.48. The fraction of sp³-hybridized carbons (Fsp3) is 0.556. The number of fused-ring (bicyclic) bond motifs is 1. The van der Waals surface area contributed by atoms with E-state index in [9.17, 15) is 0 Å². The summed E-state index contributed by atoms with van der Waals surface area (Å²) < 4.78 is 5.98. The minimum Gasteiger partial charge on any atom is -0.493 e. The second-order valence-electron chi connectivity index (χ2n) is 6.86. The van der Waals surface area contributed by atoms with Crippen LogP contribution in [0.3, 0.4) is 0 Å². The first kappa shape index (κ1) is 17.5. The van der Waals surface area contributed by atoms with Crippen LogP contribution in [0.5, 0.6) is 5.75 Å². The molecule has 7 nitrogen and oxygen atoms in total. The summed E-state index contributed by atoms with van der Waals surface area (Å²) >= 11 is 0. The lowest BCUT2D eigenvalue weighted by Crippen LogP contribution is -2.53. The van der Waals surface area contributed by atoms with E-state index in [1.807, 2.05) is 13.8 Å². The molecule has 0 spiro atoms. The Morgan fingerprint density at radius 2 is 1.96 bits per heavy atom. The van der Waals surface area contributed by atoms with Crippen LogP contribution in [0.4, 0.5) is 0 Å². The molecule has 0 radical (unpaired) electrons. The van der Waals surface area contributed by atoms with Crippen LogP contribution in [0.2, 0.25) is 0 Å². The standard InChI is InChI=1S/C18H27N5O2/c1-18(2)22-16(19)21-17(20)23(18)25-12-6-11-24-15-10-5-8-13-7-3-4-9-14(13)15/h5,8,10H,3-4,6-7,9,11-12H2,1-2H3,(H4,19,20,21,22). The molecule has 7 heteroatoms. The van der Waals surface area contributed by atoms with Crippen LogP contribution in [-0.4, -0.2) is 35.9 Å². The maximum Gasteiger partial charge on any atom is 0.226 e. The molecular formula is C18H27N5O2. The largest absolute Gasteiger partial charge is 0.493 e. The van der Waals surface area contributed by atoms with Crippen LogP contribution >= 0.6 is 0 Å². The molecule has 1 aromatic rings. The first-order valence-corrected chi connectivity index (χ1v) is 8.83. The van der Waals surface area contributed by atoms with E-state index in [2.05, 4.69) is 28.2 Å². The zero-order valence-electron chi connectivity index (χ0n) is 15.0. The molecule has 4 N–H and O–H groups in total. The highest BCUT2D eigenvalue weighted by atomic mass is 16.7. The van der Waals surface area contributed by atoms with E-state index in [4.69, 9.17) is 21.0 Å². The Labute approximate surface area is 148 Å². The van der Waals surface area contributed by atoms with Crippen LogP contribution in [0.15, 0.2) is 28.2 Å². The zero-order chi connectivity index (χ0) is 17.9. The number of aryl methyl sites for hydroxylation is 1. The summed E-state index contributed by atoms with van der Waals surface area (Å²) in [6, 6.07) is 6.34. The van der Waals surface area contributed by atoms with Crippen molar-refractivity contribution in [2.45, 2.75) is 51.6 Å². The van der Waals surface area contributed by atoms with Gasteiger partial charge in [-0.3, -0.25) is 4.84 Å². The van der Waals surface area contributed by atoms with Crippen molar-refractivity contribution in [1.29, 1.82) is 0 Å². The first-order valence-electron chi connectivity index (χ1n) is 8.83. The van der Waals surface area contributed by atoms with Gasteiger partial charge < -0.3 is 16.2 Å². The Morgan fingerprint density at radius 1 is 1.16 bits per heavy atom. The molecule has 136 valence electrons. The minimum atomic E-state index is -0.671. The minimum absolute atomic E-state index is 0.166. The highest BCUT2D eigenvalue weighted by Gasteiger charge is 2.32. The summed E-state index contributed by atoms with van der Waals surface area (Å²) in [5.74, 6) is 1.39. The molecular weight excluding hydrogens is 318 g/mol. The van der Waals surface area contributed by atoms with Gasteiger partial charge in [-0.05, 0) is 56.7 Å². The van der Waals surface area contributed by atoms with Gasteiger partial charge in [0.2, 0.25) is 11.9 Å². The molecule has 1 aliphatic heterocycles. The van der Waals surface area contributed by atoms with E-state index < -0.39 is 5.66 Å². The second kappa shape index (κ2) is 7.31. The lowest BCUT2D eigenvalue weighted by Gasteiger charge is -2.36. The van der Waals surface area contributed by atoms with E-state index in [0.717, 1.165) is 25.0 Å². The van der Waals surface area contributed by atoms with Crippen molar-refractivity contribution in [3.63, 3.8) is 0 Å². The Bertz CT molecular complexity index is 684. The van der Waals surface area contributed by atoms with Gasteiger partial charge in [-0.1, -0.05) is 12.1 Å². The van der Waals surface area contributed by atoms with Crippen LogP contribution in [0.1, 0.15) is 44.2 Å². The Morgan fingerprint density at radius 3 is 2.76 bits per heavy atom. The summed E-state index contributed by atoms with van der Waals surface area (Å²) in [6.45, 7) is 4.79. The number of rotatable bonds is 6. The number of ether oxygens (including phenoxy) is 1. The summed E-state index contributed by atoms with van der Waals surface area (Å²) in [4.78, 5) is 13.9. The van der Waals surface area contributed by atoms with Gasteiger partial charge in [0.15, 0.2) is 5.66 Å². The number of aliphatic imine (C=N–C) groups is 2. The van der Waals surface area contributed by atoms with E-state index >= 15 is 0 Å². The number of benzene rings is 1. The van der Waals surface area contributed by atoms with Gasteiger partial charge in [0.05, 0.1) is 13.2 Å². The average molecular weight is 345 g/mol. The third kappa shape index (κ3) is 4.04. The van der Waals surface area contributed by atoms with Crippen molar-refractivity contribution in [3.05, 3.63) is 29.3 Å². The van der Waals surface area contributed by atoms with Gasteiger partial charge >= 0.3 is 0 Å². The van der Waals surface area contributed by atoms with Crippen LogP contribution in [-0.2, 0) is 17.7 Å². The third-order valence-corrected chi connectivity index (χ3v) is 4.44. The number of guanidine groups is 2. The van der Waals surface area contributed by atoms with E-state index in [-0.39, 0.29) is 11.9 Å². The molecule has 0 saturated carbocycles. The molecule has 1 aliphatic carbocycles. The lowest BCUT2D eigenvalue weighted by molar-refractivity contribution is -0.158. The van der Waals surface area contributed by atoms with E-state index in [0.29, 0.717) is 13.2 Å². The van der Waals surface area contributed by atoms with Gasteiger partial charge in [-0.2, -0.15) is 10.1 Å². The molecule has 0 saturated heterocycles. The Kier molecular flexibility index (Phi) is 5.13. The maximum absolute atomic E-state index is 5.98. The van der Waals surface area contributed by atoms with Crippen molar-refractivity contribution in [3.8, 4) is 5.75 Å². The molecule has 0 atom stereocenters. The number of hydrogen-bond acceptors (Lipinski definition) is 7. The number of hydroxylamine groups is 2. The highest BCUT2D eigenvalue weighted by Crippen LogP contribution is 2.29. The first-order chi connectivity index (χ1) is 12.0. The van der Waals surface area contributed by atoms with Crippen LogP contribution in [0.25, 0.3) is 0 Å². The molecule has 1 heterocycles. The summed E-state index contributed by atoms with van der Waals surface area (Å²) in [6.07, 6.45) is 5.51. The topological polar surface area (TPSA) is 98.5 Å². The predicted octanol–water partition coefficient (Wildman–Crippen LogP) is 1.95. The smallest absolute Gasteiger partial charge is 0.226 e. The van der Waals surface area contributed by atoms with Gasteiger partial charge in [-0.15, -0.1) is 0 Å². The maximum atomic E-state index is 5.98. The number of nitrogens with zero attached hydrogens (tertiary/aromatic N) is 3. The molecule has 0 aromatic heterocycles. The van der Waals surface area contributed by atoms with Crippen LogP contribution in [0, 0.1) is 0 Å². The molecule has 0 bridgehead atoms. The molecule has 2 aliphatic rings. The van der Waals surface area contributed by atoms with Crippen LogP contribution < -0.4 is 16.2 Å². The normalized spacial score (nSPS) is 19.0. The third-order valence-electron chi connectivity index (χ3n) is 4.44. The summed E-state index contributed by atoms with van der Waals surface area (Å²) in [5, 5.41) is 1.49. The predicted molar refractivity (Wildman–Crippen MR) is 98.3 cm³/mol. The highest BCUT2D eigenvalue weighted by molar-refractivity contribution is 5.95. The summed E-state index contributed by atoms with van der Waals surface area (Å²) in [7, 11) is 0. The van der Waals surface area contributed by atoms with Gasteiger partial charge in [0, 0.05) is 6.42 Å².